The highest BCUT2D eigenvalue weighted by molar-refractivity contribution is 8.18. The number of halogens is 1. The average Bonchev–Trinajstić information content (AvgIpc) is 3.00. The first-order valence-electron chi connectivity index (χ1n) is 11.2. The molecule has 2 aliphatic heterocycles. The van der Waals surface area contributed by atoms with Crippen LogP contribution in [0.25, 0.3) is 6.08 Å². The predicted molar refractivity (Wildman–Crippen MR) is 139 cm³/mol. The van der Waals surface area contributed by atoms with Gasteiger partial charge in [-0.05, 0) is 91.9 Å². The van der Waals surface area contributed by atoms with Crippen molar-refractivity contribution in [1.82, 2.24) is 4.90 Å². The van der Waals surface area contributed by atoms with Gasteiger partial charge in [0.15, 0.2) is 0 Å². The number of thioether (sulfide) groups is 1. The second kappa shape index (κ2) is 9.12. The second-order valence-electron chi connectivity index (χ2n) is 9.59. The molecule has 0 spiro atoms. The number of carbonyl (C=O) groups excluding carboxylic acids is 3. The molecule has 2 aromatic carbocycles. The summed E-state index contributed by atoms with van der Waals surface area (Å²) in [5.41, 5.74) is 4.56. The molecule has 8 heteroatoms. The molecule has 1 atom stereocenters. The van der Waals surface area contributed by atoms with E-state index in [1.807, 2.05) is 37.3 Å². The van der Waals surface area contributed by atoms with Crippen LogP contribution in [0.2, 0.25) is 5.02 Å². The monoisotopic (exact) mass is 497 g/mol. The lowest BCUT2D eigenvalue weighted by atomic mass is 9.80. The molecule has 34 heavy (non-hydrogen) atoms. The van der Waals surface area contributed by atoms with Crippen LogP contribution < -0.4 is 10.2 Å². The van der Waals surface area contributed by atoms with Gasteiger partial charge in [-0.15, -0.1) is 0 Å². The van der Waals surface area contributed by atoms with Gasteiger partial charge in [0.05, 0.1) is 4.91 Å². The Labute approximate surface area is 209 Å². The highest BCUT2D eigenvalue weighted by Crippen LogP contribution is 2.45. The summed E-state index contributed by atoms with van der Waals surface area (Å²) >= 11 is 7.42. The Morgan fingerprint density at radius 1 is 1.26 bits per heavy atom. The molecular weight excluding hydrogens is 470 g/mol. The van der Waals surface area contributed by atoms with Crippen LogP contribution in [-0.2, 0) is 9.59 Å². The molecule has 1 saturated heterocycles. The maximum absolute atomic E-state index is 12.9. The molecule has 0 aliphatic carbocycles. The number of carbonyl (C=O) groups is 3. The predicted octanol–water partition coefficient (Wildman–Crippen LogP) is 6.05. The standard InChI is InChI=1S/C26H28ClN3O3S/c1-15-7-6-8-18(9-15)28-23(31)14-30-24(32)22(34-25(30)33)11-17-10-19-16(2)13-26(3,4)29(5)21(19)12-20(17)27/h6-12,16H,13-14H2,1-5H3,(H,28,31)/b22-11+. The maximum Gasteiger partial charge on any atom is 0.294 e. The lowest BCUT2D eigenvalue weighted by molar-refractivity contribution is -0.127. The number of benzene rings is 2. The molecule has 2 heterocycles. The Morgan fingerprint density at radius 3 is 2.71 bits per heavy atom. The Hall–Kier alpha value is -2.77. The number of fused-ring (bicyclic) bond motifs is 1. The summed E-state index contributed by atoms with van der Waals surface area (Å²) in [4.78, 5) is 41.4. The zero-order valence-electron chi connectivity index (χ0n) is 19.9. The fourth-order valence-corrected chi connectivity index (χ4v) is 5.60. The van der Waals surface area contributed by atoms with Gasteiger partial charge in [0.2, 0.25) is 5.91 Å². The van der Waals surface area contributed by atoms with Gasteiger partial charge in [-0.25, -0.2) is 0 Å². The number of nitrogens with one attached hydrogen (secondary N) is 1. The van der Waals surface area contributed by atoms with Gasteiger partial charge in [-0.1, -0.05) is 30.7 Å². The van der Waals surface area contributed by atoms with Gasteiger partial charge < -0.3 is 10.2 Å². The van der Waals surface area contributed by atoms with Crippen LogP contribution in [0.5, 0.6) is 0 Å². The molecule has 3 amide bonds. The van der Waals surface area contributed by atoms with E-state index in [0.717, 1.165) is 39.9 Å². The van der Waals surface area contributed by atoms with Crippen molar-refractivity contribution in [3.05, 3.63) is 63.0 Å². The highest BCUT2D eigenvalue weighted by Gasteiger charge is 2.37. The van der Waals surface area contributed by atoms with Crippen LogP contribution in [0.15, 0.2) is 41.3 Å². The molecule has 1 N–H and O–H groups in total. The van der Waals surface area contributed by atoms with Gasteiger partial charge in [-0.2, -0.15) is 0 Å². The minimum atomic E-state index is -0.491. The molecule has 0 bridgehead atoms. The molecule has 2 aliphatic rings. The van der Waals surface area contributed by atoms with Crippen LogP contribution in [-0.4, -0.2) is 41.1 Å². The Morgan fingerprint density at radius 2 is 2.00 bits per heavy atom. The molecule has 1 fully saturated rings. The van der Waals surface area contributed by atoms with E-state index in [1.54, 1.807) is 12.1 Å². The normalized spacial score (nSPS) is 20.6. The summed E-state index contributed by atoms with van der Waals surface area (Å²) < 4.78 is 0. The van der Waals surface area contributed by atoms with Crippen LogP contribution in [0.3, 0.4) is 0 Å². The van der Waals surface area contributed by atoms with E-state index in [0.29, 0.717) is 22.2 Å². The smallest absolute Gasteiger partial charge is 0.294 e. The van der Waals surface area contributed by atoms with Crippen molar-refractivity contribution in [2.24, 2.45) is 0 Å². The third-order valence-corrected chi connectivity index (χ3v) is 7.75. The third-order valence-electron chi connectivity index (χ3n) is 6.52. The first-order valence-corrected chi connectivity index (χ1v) is 12.3. The number of hydrogen-bond donors (Lipinski definition) is 1. The summed E-state index contributed by atoms with van der Waals surface area (Å²) in [7, 11) is 2.06. The molecule has 2 aromatic rings. The van der Waals surface area contributed by atoms with E-state index in [2.05, 4.69) is 38.0 Å². The fraction of sp³-hybridized carbons (Fsp3) is 0.346. The average molecular weight is 498 g/mol. The topological polar surface area (TPSA) is 69.7 Å². The van der Waals surface area contributed by atoms with Crippen molar-refractivity contribution in [3.63, 3.8) is 0 Å². The van der Waals surface area contributed by atoms with Gasteiger partial charge in [0.1, 0.15) is 6.54 Å². The first kappa shape index (κ1) is 24.4. The second-order valence-corrected chi connectivity index (χ2v) is 11.0. The quantitative estimate of drug-likeness (QED) is 0.521. The summed E-state index contributed by atoms with van der Waals surface area (Å²) in [6.45, 7) is 8.18. The highest BCUT2D eigenvalue weighted by atomic mass is 35.5. The number of amides is 3. The SMILES string of the molecule is Cc1cccc(NC(=O)CN2C(=O)S/C(=C/c3cc4c(cc3Cl)N(C)C(C)(C)CC4C)C2=O)c1. The number of hydrogen-bond acceptors (Lipinski definition) is 5. The third kappa shape index (κ3) is 4.72. The van der Waals surface area contributed by atoms with E-state index in [9.17, 15) is 14.4 Å². The molecule has 0 aromatic heterocycles. The van der Waals surface area contributed by atoms with Crippen molar-refractivity contribution < 1.29 is 14.4 Å². The van der Waals surface area contributed by atoms with Gasteiger partial charge in [-0.3, -0.25) is 19.3 Å². The first-order chi connectivity index (χ1) is 16.0. The van der Waals surface area contributed by atoms with E-state index in [4.69, 9.17) is 11.6 Å². The van der Waals surface area contributed by atoms with Crippen molar-refractivity contribution in [2.75, 3.05) is 23.8 Å². The summed E-state index contributed by atoms with van der Waals surface area (Å²) in [5, 5.41) is 2.78. The fourth-order valence-electron chi connectivity index (χ4n) is 4.56. The molecule has 0 radical (unpaired) electrons. The van der Waals surface area contributed by atoms with Gasteiger partial charge >= 0.3 is 0 Å². The molecule has 0 saturated carbocycles. The van der Waals surface area contributed by atoms with Crippen molar-refractivity contribution in [3.8, 4) is 0 Å². The molecule has 4 rings (SSSR count). The van der Waals surface area contributed by atoms with Crippen LogP contribution >= 0.6 is 23.4 Å². The van der Waals surface area contributed by atoms with Crippen LogP contribution in [0.4, 0.5) is 16.2 Å². The minimum absolute atomic E-state index is 0.0128. The Balaban J connectivity index is 1.54. The molecular formula is C26H28ClN3O3S. The summed E-state index contributed by atoms with van der Waals surface area (Å²) in [6.07, 6.45) is 2.64. The number of nitrogens with zero attached hydrogens (tertiary/aromatic N) is 2. The van der Waals surface area contributed by atoms with Crippen LogP contribution in [0.1, 0.15) is 49.8 Å². The van der Waals surface area contributed by atoms with Crippen molar-refractivity contribution >= 4 is 57.9 Å². The van der Waals surface area contributed by atoms with Crippen LogP contribution in [0, 0.1) is 6.92 Å². The summed E-state index contributed by atoms with van der Waals surface area (Å²) in [6, 6.07) is 11.3. The Kier molecular flexibility index (Phi) is 6.53. The Bertz CT molecular complexity index is 1220. The summed E-state index contributed by atoms with van der Waals surface area (Å²) in [5.74, 6) is -0.596. The van der Waals surface area contributed by atoms with Gasteiger partial charge in [0, 0.05) is 29.0 Å². The number of anilines is 2. The lowest BCUT2D eigenvalue weighted by Gasteiger charge is -2.45. The number of imide groups is 1. The molecule has 178 valence electrons. The van der Waals surface area contributed by atoms with E-state index < -0.39 is 17.1 Å². The number of rotatable bonds is 4. The van der Waals surface area contributed by atoms with E-state index >= 15 is 0 Å². The largest absolute Gasteiger partial charge is 0.369 e. The number of aryl methyl sites for hydroxylation is 1. The molecule has 6 nitrogen and oxygen atoms in total. The maximum atomic E-state index is 12.9. The van der Waals surface area contributed by atoms with Crippen molar-refractivity contribution in [2.45, 2.75) is 45.6 Å². The van der Waals surface area contributed by atoms with Crippen molar-refractivity contribution in [1.29, 1.82) is 0 Å². The zero-order chi connectivity index (χ0) is 24.8. The van der Waals surface area contributed by atoms with E-state index in [1.165, 1.54) is 0 Å². The minimum Gasteiger partial charge on any atom is -0.369 e. The van der Waals surface area contributed by atoms with Gasteiger partial charge in [0.25, 0.3) is 11.1 Å². The lowest BCUT2D eigenvalue weighted by Crippen LogP contribution is -2.45. The molecule has 1 unspecified atom stereocenters. The zero-order valence-corrected chi connectivity index (χ0v) is 21.5. The van der Waals surface area contributed by atoms with E-state index in [-0.39, 0.29) is 17.0 Å².